The molecule has 0 heterocycles. The molecule has 1 aromatic rings. The molecular formula is C16H24O. The number of benzene rings is 1. The van der Waals surface area contributed by atoms with E-state index >= 15 is 0 Å². The number of hydrogen-bond acceptors (Lipinski definition) is 1. The van der Waals surface area contributed by atoms with Crippen LogP contribution in [0.5, 0.6) is 0 Å². The fourth-order valence-electron chi connectivity index (χ4n) is 2.94. The van der Waals surface area contributed by atoms with Crippen LogP contribution >= 0.6 is 0 Å². The largest absolute Gasteiger partial charge is 0.392 e. The first kappa shape index (κ1) is 12.6. The van der Waals surface area contributed by atoms with Crippen LogP contribution in [0.1, 0.15) is 49.7 Å². The number of aliphatic hydroxyl groups is 1. The van der Waals surface area contributed by atoms with Gasteiger partial charge in [-0.05, 0) is 37.7 Å². The van der Waals surface area contributed by atoms with E-state index in [4.69, 9.17) is 0 Å². The first-order valence-electron chi connectivity index (χ1n) is 6.99. The molecule has 1 unspecified atom stereocenters. The molecule has 17 heavy (non-hydrogen) atoms. The summed E-state index contributed by atoms with van der Waals surface area (Å²) in [6, 6.07) is 8.53. The second kappa shape index (κ2) is 6.20. The molecule has 2 rings (SSSR count). The molecule has 1 aromatic carbocycles. The lowest BCUT2D eigenvalue weighted by Crippen LogP contribution is -2.22. The molecule has 1 heteroatoms. The second-order valence-electron chi connectivity index (χ2n) is 5.51. The van der Waals surface area contributed by atoms with Gasteiger partial charge in [0.2, 0.25) is 0 Å². The number of aryl methyl sites for hydroxylation is 1. The molecule has 94 valence electrons. The summed E-state index contributed by atoms with van der Waals surface area (Å²) in [7, 11) is 0. The summed E-state index contributed by atoms with van der Waals surface area (Å²) < 4.78 is 0. The predicted octanol–water partition coefficient (Wildman–Crippen LogP) is 3.87. The minimum absolute atomic E-state index is 0.144. The lowest BCUT2D eigenvalue weighted by atomic mass is 9.90. The number of hydrogen-bond donors (Lipinski definition) is 1. The van der Waals surface area contributed by atoms with Crippen LogP contribution in [0.15, 0.2) is 24.3 Å². The van der Waals surface area contributed by atoms with Gasteiger partial charge in [-0.3, -0.25) is 0 Å². The fraction of sp³-hybridized carbons (Fsp3) is 0.625. The van der Waals surface area contributed by atoms with Crippen molar-refractivity contribution in [3.05, 3.63) is 35.4 Å². The van der Waals surface area contributed by atoms with Crippen LogP contribution in [0.2, 0.25) is 0 Å². The van der Waals surface area contributed by atoms with Gasteiger partial charge in [-0.1, -0.05) is 55.5 Å². The molecule has 1 saturated carbocycles. The highest BCUT2D eigenvalue weighted by molar-refractivity contribution is 5.22. The fourth-order valence-corrected chi connectivity index (χ4v) is 2.94. The summed E-state index contributed by atoms with van der Waals surface area (Å²) in [5.41, 5.74) is 2.57. The molecule has 0 radical (unpaired) electrons. The zero-order valence-corrected chi connectivity index (χ0v) is 10.9. The summed E-state index contributed by atoms with van der Waals surface area (Å²) in [4.78, 5) is 0. The minimum atomic E-state index is -0.144. The smallest absolute Gasteiger partial charge is 0.0608 e. The van der Waals surface area contributed by atoms with Gasteiger partial charge >= 0.3 is 0 Å². The van der Waals surface area contributed by atoms with Crippen LogP contribution in [0.3, 0.4) is 0 Å². The van der Waals surface area contributed by atoms with Crippen molar-refractivity contribution in [2.45, 2.75) is 58.0 Å². The average molecular weight is 232 g/mol. The monoisotopic (exact) mass is 232 g/mol. The molecular weight excluding hydrogens is 208 g/mol. The van der Waals surface area contributed by atoms with Crippen LogP contribution in [0.4, 0.5) is 0 Å². The van der Waals surface area contributed by atoms with Gasteiger partial charge in [0, 0.05) is 0 Å². The van der Waals surface area contributed by atoms with E-state index in [0.29, 0.717) is 5.92 Å². The molecule has 0 saturated heterocycles. The molecule has 0 bridgehead atoms. The highest BCUT2D eigenvalue weighted by Gasteiger charge is 2.20. The van der Waals surface area contributed by atoms with E-state index in [1.807, 2.05) is 0 Å². The molecule has 1 aliphatic carbocycles. The topological polar surface area (TPSA) is 20.2 Å². The lowest BCUT2D eigenvalue weighted by Gasteiger charge is -2.21. The Kier molecular flexibility index (Phi) is 4.61. The van der Waals surface area contributed by atoms with Crippen LogP contribution in [0.25, 0.3) is 0 Å². The molecule has 1 nitrogen and oxygen atoms in total. The summed E-state index contributed by atoms with van der Waals surface area (Å²) in [5, 5.41) is 10.3. The van der Waals surface area contributed by atoms with E-state index in [1.165, 1.54) is 49.7 Å². The van der Waals surface area contributed by atoms with Gasteiger partial charge in [-0.2, -0.15) is 0 Å². The third-order valence-corrected chi connectivity index (χ3v) is 3.97. The number of rotatable bonds is 3. The first-order chi connectivity index (χ1) is 8.25. The van der Waals surface area contributed by atoms with Crippen LogP contribution < -0.4 is 0 Å². The molecule has 1 atom stereocenters. The Morgan fingerprint density at radius 1 is 1.18 bits per heavy atom. The average Bonchev–Trinajstić information content (AvgIpc) is 2.57. The van der Waals surface area contributed by atoms with E-state index in [0.717, 1.165) is 6.42 Å². The van der Waals surface area contributed by atoms with E-state index in [2.05, 4.69) is 31.2 Å². The predicted molar refractivity (Wildman–Crippen MR) is 72.1 cm³/mol. The van der Waals surface area contributed by atoms with E-state index in [9.17, 15) is 5.11 Å². The van der Waals surface area contributed by atoms with Gasteiger partial charge < -0.3 is 5.11 Å². The Morgan fingerprint density at radius 3 is 2.53 bits per heavy atom. The maximum atomic E-state index is 10.3. The van der Waals surface area contributed by atoms with Crippen molar-refractivity contribution in [2.24, 2.45) is 5.92 Å². The Hall–Kier alpha value is -0.820. The van der Waals surface area contributed by atoms with Crippen LogP contribution in [0, 0.1) is 12.8 Å². The molecule has 0 spiro atoms. The van der Waals surface area contributed by atoms with Gasteiger partial charge in [-0.25, -0.2) is 0 Å². The summed E-state index contributed by atoms with van der Waals surface area (Å²) in [5.74, 6) is 0.526. The molecule has 0 aromatic heterocycles. The summed E-state index contributed by atoms with van der Waals surface area (Å²) in [6.07, 6.45) is 8.42. The summed E-state index contributed by atoms with van der Waals surface area (Å²) >= 11 is 0. The molecule has 0 amide bonds. The maximum Gasteiger partial charge on any atom is 0.0608 e. The SMILES string of the molecule is Cc1cccc(CC(O)C2CCCCCC2)c1. The van der Waals surface area contributed by atoms with Crippen molar-refractivity contribution >= 4 is 0 Å². The van der Waals surface area contributed by atoms with Crippen molar-refractivity contribution in [1.29, 1.82) is 0 Å². The third-order valence-electron chi connectivity index (χ3n) is 3.97. The van der Waals surface area contributed by atoms with Gasteiger partial charge in [0.1, 0.15) is 0 Å². The first-order valence-corrected chi connectivity index (χ1v) is 6.99. The van der Waals surface area contributed by atoms with Crippen molar-refractivity contribution in [2.75, 3.05) is 0 Å². The van der Waals surface area contributed by atoms with Crippen LogP contribution in [-0.2, 0) is 6.42 Å². The Balaban J connectivity index is 1.93. The number of aliphatic hydroxyl groups excluding tert-OH is 1. The van der Waals surface area contributed by atoms with Gasteiger partial charge in [0.25, 0.3) is 0 Å². The second-order valence-corrected chi connectivity index (χ2v) is 5.51. The lowest BCUT2D eigenvalue weighted by molar-refractivity contribution is 0.0986. The third kappa shape index (κ3) is 3.85. The van der Waals surface area contributed by atoms with E-state index in [-0.39, 0.29) is 6.10 Å². The Morgan fingerprint density at radius 2 is 1.88 bits per heavy atom. The van der Waals surface area contributed by atoms with Gasteiger partial charge in [-0.15, -0.1) is 0 Å². The highest BCUT2D eigenvalue weighted by atomic mass is 16.3. The van der Waals surface area contributed by atoms with E-state index in [1.54, 1.807) is 0 Å². The Bertz CT molecular complexity index is 337. The van der Waals surface area contributed by atoms with Gasteiger partial charge in [0.05, 0.1) is 6.10 Å². The van der Waals surface area contributed by atoms with Crippen molar-refractivity contribution in [3.63, 3.8) is 0 Å². The molecule has 1 N–H and O–H groups in total. The molecule has 1 fully saturated rings. The van der Waals surface area contributed by atoms with Crippen molar-refractivity contribution in [1.82, 2.24) is 0 Å². The minimum Gasteiger partial charge on any atom is -0.392 e. The molecule has 1 aliphatic rings. The summed E-state index contributed by atoms with van der Waals surface area (Å²) in [6.45, 7) is 2.11. The quantitative estimate of drug-likeness (QED) is 0.784. The normalized spacial score (nSPS) is 19.9. The van der Waals surface area contributed by atoms with Crippen LogP contribution in [-0.4, -0.2) is 11.2 Å². The standard InChI is InChI=1S/C16H24O/c1-13-7-6-8-14(11-13)12-16(17)15-9-4-2-3-5-10-15/h6-8,11,15-17H,2-5,9-10,12H2,1H3. The van der Waals surface area contributed by atoms with Crippen molar-refractivity contribution in [3.8, 4) is 0 Å². The highest BCUT2D eigenvalue weighted by Crippen LogP contribution is 2.27. The molecule has 0 aliphatic heterocycles. The van der Waals surface area contributed by atoms with Crippen molar-refractivity contribution < 1.29 is 5.11 Å². The maximum absolute atomic E-state index is 10.3. The zero-order valence-electron chi connectivity index (χ0n) is 10.9. The van der Waals surface area contributed by atoms with E-state index < -0.39 is 0 Å². The zero-order chi connectivity index (χ0) is 12.1. The van der Waals surface area contributed by atoms with Gasteiger partial charge in [0.15, 0.2) is 0 Å². The Labute approximate surface area is 105 Å².